The van der Waals surface area contributed by atoms with Crippen molar-refractivity contribution in [1.82, 2.24) is 10.3 Å². The third-order valence-corrected chi connectivity index (χ3v) is 1.89. The van der Waals surface area contributed by atoms with Crippen LogP contribution in [0.25, 0.3) is 0 Å². The molecule has 0 amide bonds. The first kappa shape index (κ1) is 12.4. The van der Waals surface area contributed by atoms with Gasteiger partial charge in [-0.15, -0.1) is 0 Å². The van der Waals surface area contributed by atoms with E-state index in [2.05, 4.69) is 17.2 Å². The van der Waals surface area contributed by atoms with Crippen LogP contribution in [0.3, 0.4) is 0 Å². The summed E-state index contributed by atoms with van der Waals surface area (Å²) < 4.78 is 5.29. The minimum Gasteiger partial charge on any atom is -0.476 e. The Kier molecular flexibility index (Phi) is 5.21. The van der Waals surface area contributed by atoms with Gasteiger partial charge in [0.1, 0.15) is 12.8 Å². The lowest BCUT2D eigenvalue weighted by molar-refractivity contribution is -0.385. The van der Waals surface area contributed by atoms with Crippen molar-refractivity contribution in [2.75, 3.05) is 19.7 Å². The number of pyridine rings is 1. The van der Waals surface area contributed by atoms with Gasteiger partial charge >= 0.3 is 0 Å². The van der Waals surface area contributed by atoms with Crippen LogP contribution in [0.5, 0.6) is 5.88 Å². The van der Waals surface area contributed by atoms with Gasteiger partial charge in [-0.2, -0.15) is 0 Å². The van der Waals surface area contributed by atoms with Crippen LogP contribution >= 0.6 is 0 Å². The largest absolute Gasteiger partial charge is 0.476 e. The summed E-state index contributed by atoms with van der Waals surface area (Å²) in [5, 5.41) is 13.5. The molecule has 88 valence electrons. The minimum absolute atomic E-state index is 0.0311. The molecule has 0 fully saturated rings. The van der Waals surface area contributed by atoms with Crippen molar-refractivity contribution >= 4 is 5.69 Å². The van der Waals surface area contributed by atoms with Crippen LogP contribution in [-0.4, -0.2) is 29.6 Å². The van der Waals surface area contributed by atoms with Crippen molar-refractivity contribution in [3.8, 4) is 5.88 Å². The quantitative estimate of drug-likeness (QED) is 0.431. The van der Waals surface area contributed by atoms with E-state index in [1.165, 1.54) is 18.3 Å². The highest BCUT2D eigenvalue weighted by Gasteiger charge is 2.05. The van der Waals surface area contributed by atoms with Gasteiger partial charge in [0.05, 0.1) is 4.92 Å². The van der Waals surface area contributed by atoms with E-state index in [1.54, 1.807) is 0 Å². The molecule has 0 spiro atoms. The fourth-order valence-electron chi connectivity index (χ4n) is 1.10. The van der Waals surface area contributed by atoms with Crippen molar-refractivity contribution in [3.05, 3.63) is 28.4 Å². The lowest BCUT2D eigenvalue weighted by Gasteiger charge is -2.05. The van der Waals surface area contributed by atoms with Crippen LogP contribution in [0.4, 0.5) is 5.69 Å². The SMILES string of the molecule is CCCNCCOc1ccc([N+](=O)[O-])cn1. The van der Waals surface area contributed by atoms with Gasteiger partial charge in [0, 0.05) is 18.7 Å². The Morgan fingerprint density at radius 1 is 1.50 bits per heavy atom. The Hall–Kier alpha value is -1.69. The molecule has 0 aromatic carbocycles. The maximum absolute atomic E-state index is 10.4. The maximum Gasteiger partial charge on any atom is 0.287 e. The number of hydrogen-bond donors (Lipinski definition) is 1. The first-order valence-electron chi connectivity index (χ1n) is 5.18. The molecular formula is C10H15N3O3. The summed E-state index contributed by atoms with van der Waals surface area (Å²) in [6.45, 7) is 4.29. The molecule has 6 heteroatoms. The van der Waals surface area contributed by atoms with Gasteiger partial charge in [0.2, 0.25) is 5.88 Å². The van der Waals surface area contributed by atoms with Gasteiger partial charge in [-0.05, 0) is 13.0 Å². The fraction of sp³-hybridized carbons (Fsp3) is 0.500. The molecule has 16 heavy (non-hydrogen) atoms. The summed E-state index contributed by atoms with van der Waals surface area (Å²) in [5.74, 6) is 0.406. The second-order valence-corrected chi connectivity index (χ2v) is 3.21. The van der Waals surface area contributed by atoms with Gasteiger partial charge in [-0.25, -0.2) is 4.98 Å². The third kappa shape index (κ3) is 4.22. The second kappa shape index (κ2) is 6.73. The standard InChI is InChI=1S/C10H15N3O3/c1-2-5-11-6-7-16-10-4-3-9(8-12-10)13(14)15/h3-4,8,11H,2,5-7H2,1H3. The van der Waals surface area contributed by atoms with Crippen molar-refractivity contribution in [3.63, 3.8) is 0 Å². The zero-order chi connectivity index (χ0) is 11.8. The van der Waals surface area contributed by atoms with E-state index in [-0.39, 0.29) is 5.69 Å². The topological polar surface area (TPSA) is 77.3 Å². The van der Waals surface area contributed by atoms with E-state index in [9.17, 15) is 10.1 Å². The minimum atomic E-state index is -0.487. The maximum atomic E-state index is 10.4. The highest BCUT2D eigenvalue weighted by atomic mass is 16.6. The summed E-state index contributed by atoms with van der Waals surface area (Å²) in [6.07, 6.45) is 2.27. The van der Waals surface area contributed by atoms with Gasteiger partial charge in [0.15, 0.2) is 0 Å². The van der Waals surface area contributed by atoms with Crippen LogP contribution in [0.1, 0.15) is 13.3 Å². The Bertz CT molecular complexity index is 327. The number of nitrogens with zero attached hydrogens (tertiary/aromatic N) is 2. The number of hydrogen-bond acceptors (Lipinski definition) is 5. The smallest absolute Gasteiger partial charge is 0.287 e. The van der Waals surface area contributed by atoms with Gasteiger partial charge in [-0.1, -0.05) is 6.92 Å². The Balaban J connectivity index is 2.29. The van der Waals surface area contributed by atoms with E-state index in [1.807, 2.05) is 0 Å². The van der Waals surface area contributed by atoms with Crippen LogP contribution in [-0.2, 0) is 0 Å². The van der Waals surface area contributed by atoms with Crippen LogP contribution in [0.2, 0.25) is 0 Å². The van der Waals surface area contributed by atoms with E-state index < -0.39 is 4.92 Å². The molecule has 0 atom stereocenters. The predicted molar refractivity (Wildman–Crippen MR) is 59.5 cm³/mol. The summed E-state index contributed by atoms with van der Waals surface area (Å²) in [5.41, 5.74) is -0.0311. The number of aromatic nitrogens is 1. The second-order valence-electron chi connectivity index (χ2n) is 3.21. The summed E-state index contributed by atoms with van der Waals surface area (Å²) in [6, 6.07) is 2.87. The average molecular weight is 225 g/mol. The number of nitro groups is 1. The molecule has 0 aliphatic carbocycles. The Morgan fingerprint density at radius 3 is 2.88 bits per heavy atom. The molecule has 0 saturated carbocycles. The van der Waals surface area contributed by atoms with E-state index >= 15 is 0 Å². The highest BCUT2D eigenvalue weighted by molar-refractivity contribution is 5.28. The molecule has 6 nitrogen and oxygen atoms in total. The van der Waals surface area contributed by atoms with Crippen LogP contribution < -0.4 is 10.1 Å². The number of nitrogens with one attached hydrogen (secondary N) is 1. The molecule has 1 aromatic rings. The first-order valence-corrected chi connectivity index (χ1v) is 5.18. The van der Waals surface area contributed by atoms with Crippen LogP contribution in [0.15, 0.2) is 18.3 Å². The lowest BCUT2D eigenvalue weighted by Crippen LogP contribution is -2.21. The average Bonchev–Trinajstić information content (AvgIpc) is 2.29. The van der Waals surface area contributed by atoms with E-state index in [0.29, 0.717) is 12.5 Å². The molecule has 1 N–H and O–H groups in total. The molecule has 1 rings (SSSR count). The fourth-order valence-corrected chi connectivity index (χ4v) is 1.10. The van der Waals surface area contributed by atoms with Crippen molar-refractivity contribution in [2.45, 2.75) is 13.3 Å². The number of rotatable bonds is 7. The van der Waals surface area contributed by atoms with E-state index in [0.717, 1.165) is 19.5 Å². The van der Waals surface area contributed by atoms with Gasteiger partial charge < -0.3 is 10.1 Å². The molecular weight excluding hydrogens is 210 g/mol. The van der Waals surface area contributed by atoms with Crippen LogP contribution in [0, 0.1) is 10.1 Å². The van der Waals surface area contributed by atoms with Gasteiger partial charge in [-0.3, -0.25) is 10.1 Å². The van der Waals surface area contributed by atoms with Crippen molar-refractivity contribution in [2.24, 2.45) is 0 Å². The number of ether oxygens (including phenoxy) is 1. The molecule has 0 saturated heterocycles. The molecule has 0 unspecified atom stereocenters. The molecule has 1 heterocycles. The third-order valence-electron chi connectivity index (χ3n) is 1.89. The zero-order valence-corrected chi connectivity index (χ0v) is 9.18. The molecule has 0 aliphatic rings. The highest BCUT2D eigenvalue weighted by Crippen LogP contribution is 2.12. The summed E-state index contributed by atoms with van der Waals surface area (Å²) >= 11 is 0. The molecule has 1 aromatic heterocycles. The van der Waals surface area contributed by atoms with Crippen molar-refractivity contribution < 1.29 is 9.66 Å². The Labute approximate surface area is 93.8 Å². The van der Waals surface area contributed by atoms with Gasteiger partial charge in [0.25, 0.3) is 5.69 Å². The molecule has 0 radical (unpaired) electrons. The molecule has 0 aliphatic heterocycles. The Morgan fingerprint density at radius 2 is 2.31 bits per heavy atom. The monoisotopic (exact) mass is 225 g/mol. The summed E-state index contributed by atoms with van der Waals surface area (Å²) in [7, 11) is 0. The first-order chi connectivity index (χ1) is 7.74. The zero-order valence-electron chi connectivity index (χ0n) is 9.18. The predicted octanol–water partition coefficient (Wildman–Crippen LogP) is 1.37. The lowest BCUT2D eigenvalue weighted by atomic mass is 10.4. The van der Waals surface area contributed by atoms with Crippen molar-refractivity contribution in [1.29, 1.82) is 0 Å². The normalized spacial score (nSPS) is 10.1. The summed E-state index contributed by atoms with van der Waals surface area (Å²) in [4.78, 5) is 13.7. The van der Waals surface area contributed by atoms with E-state index in [4.69, 9.17) is 4.74 Å². The molecule has 0 bridgehead atoms.